The largest absolute Gasteiger partial charge is 0.422 e. The molecule has 0 aromatic heterocycles. The van der Waals surface area contributed by atoms with Gasteiger partial charge in [0.2, 0.25) is 70.9 Å². The van der Waals surface area contributed by atoms with Crippen LogP contribution in [0.25, 0.3) is 0 Å². The molecule has 0 radical (unpaired) electrons. The van der Waals surface area contributed by atoms with Gasteiger partial charge in [0.05, 0.1) is 31.2 Å². The van der Waals surface area contributed by atoms with E-state index < -0.39 is 222 Å². The van der Waals surface area contributed by atoms with Gasteiger partial charge >= 0.3 is 12.4 Å². The van der Waals surface area contributed by atoms with Gasteiger partial charge in [-0.15, -0.1) is 0 Å². The third kappa shape index (κ3) is 19.5. The molecule has 10 atom stereocenters. The fourth-order valence-electron chi connectivity index (χ4n) is 14.6. The van der Waals surface area contributed by atoms with E-state index in [-0.39, 0.29) is 57.2 Å². The van der Waals surface area contributed by atoms with Crippen molar-refractivity contribution in [1.82, 2.24) is 60.0 Å². The number of alkyl halides is 6. The van der Waals surface area contributed by atoms with Crippen LogP contribution in [0.5, 0.6) is 0 Å². The Bertz CT molecular complexity index is 3570. The van der Waals surface area contributed by atoms with Gasteiger partial charge in [0, 0.05) is 89.4 Å². The predicted molar refractivity (Wildman–Crippen MR) is 365 cm³/mol. The molecule has 105 heavy (non-hydrogen) atoms. The number of carbonyl (C=O) groups is 12. The summed E-state index contributed by atoms with van der Waals surface area (Å²) in [5, 5.41) is 8.16. The summed E-state index contributed by atoms with van der Waals surface area (Å²) < 4.78 is 119. The molecular formula is C72H98F8N12O13. The summed E-state index contributed by atoms with van der Waals surface area (Å²) in [5.74, 6) is -15.2. The van der Waals surface area contributed by atoms with Crippen molar-refractivity contribution in [2.45, 2.75) is 196 Å². The van der Waals surface area contributed by atoms with E-state index in [0.717, 1.165) is 65.6 Å². The van der Waals surface area contributed by atoms with Crippen LogP contribution in [0.15, 0.2) is 48.6 Å². The molecule has 5 aliphatic rings. The molecule has 2 aromatic rings. The number of halogens is 8. The molecule has 0 unspecified atom stereocenters. The van der Waals surface area contributed by atoms with E-state index in [0.29, 0.717) is 50.7 Å². The standard InChI is InChI=1S/C72H98F8N12O13/c1-13-41(3)59-67(102)86(7)40-57(95)88(9)51-23-16-15-19-32-91(66(51)101)54(35-42-24-27-45(28-25-42)71(75,76)77)65(100)85(6)39-55(93)81-49(29-26-43-33-47(73)58(48(74)34-43)72(78,79)80)63(98)92-38-46(105-12)36-52(92)62(97)83-70(30-20-31-70)69(104)90(11)60(44-21-17-18-22-44)68(103)89(10)53(64(99)84(4)5)37-56(94)87(8)50(14-2)61(96)82-59/h15-16,24-25,27-28,33-34,41,44,46,49-54,59-60H,13-14,17-23,26,29-32,35-40H2,1-12H3,(H,81,93)(H,82,96)(H,83,97)/b16-15-/t41-,46+,49+,50-,51-,52-,53-,54-,59-,60-/m0/s1. The first-order chi connectivity index (χ1) is 49.2. The van der Waals surface area contributed by atoms with Gasteiger partial charge in [0.25, 0.3) is 0 Å². The smallest absolute Gasteiger partial charge is 0.380 e. The number of ether oxygens (including phenoxy) is 1. The molecule has 3 heterocycles. The highest BCUT2D eigenvalue weighted by molar-refractivity contribution is 6.01. The zero-order valence-electron chi connectivity index (χ0n) is 61.5. The first kappa shape index (κ1) is 83.5. The lowest BCUT2D eigenvalue weighted by Crippen LogP contribution is -2.68. The second-order valence-corrected chi connectivity index (χ2v) is 28.6. The molecule has 3 aliphatic heterocycles. The van der Waals surface area contributed by atoms with Crippen LogP contribution in [-0.4, -0.2) is 265 Å². The van der Waals surface area contributed by atoms with Gasteiger partial charge < -0.3 is 64.8 Å². The summed E-state index contributed by atoms with van der Waals surface area (Å²) >= 11 is 0. The van der Waals surface area contributed by atoms with Gasteiger partial charge in [-0.05, 0) is 111 Å². The average molecular weight is 1490 g/mol. The molecule has 1 spiro atoms. The first-order valence-corrected chi connectivity index (χ1v) is 35.4. The highest BCUT2D eigenvalue weighted by Gasteiger charge is 2.54. The minimum absolute atomic E-state index is 0.0162. The van der Waals surface area contributed by atoms with Crippen LogP contribution in [0.2, 0.25) is 0 Å². The van der Waals surface area contributed by atoms with Crippen molar-refractivity contribution in [1.29, 1.82) is 0 Å². The monoisotopic (exact) mass is 1490 g/mol. The maximum Gasteiger partial charge on any atom is 0.422 e. The van der Waals surface area contributed by atoms with Crippen LogP contribution in [0.3, 0.4) is 0 Å². The van der Waals surface area contributed by atoms with Crippen molar-refractivity contribution in [2.24, 2.45) is 11.8 Å². The summed E-state index contributed by atoms with van der Waals surface area (Å²) in [7, 11) is 11.9. The number of rotatable bonds is 11. The van der Waals surface area contributed by atoms with Crippen LogP contribution < -0.4 is 16.0 Å². The van der Waals surface area contributed by atoms with Gasteiger partial charge in [0.15, 0.2) is 0 Å². The number of carbonyl (C=O) groups excluding carboxylic acids is 12. The number of hydrogen-bond acceptors (Lipinski definition) is 13. The lowest BCUT2D eigenvalue weighted by atomic mass is 9.74. The van der Waals surface area contributed by atoms with E-state index in [1.54, 1.807) is 32.9 Å². The average Bonchev–Trinajstić information content (AvgIpc) is 1.67. The van der Waals surface area contributed by atoms with E-state index in [1.807, 2.05) is 0 Å². The molecule has 2 aliphatic carbocycles. The summed E-state index contributed by atoms with van der Waals surface area (Å²) in [6, 6.07) is -7.31. The number of hydrogen-bond donors (Lipinski definition) is 3. The Morgan fingerprint density at radius 2 is 1.30 bits per heavy atom. The Morgan fingerprint density at radius 1 is 0.676 bits per heavy atom. The molecule has 3 N–H and O–H groups in total. The van der Waals surface area contributed by atoms with E-state index in [1.165, 1.54) is 66.2 Å². The molecule has 2 saturated heterocycles. The Morgan fingerprint density at radius 3 is 1.85 bits per heavy atom. The number of amides is 12. The number of fused-ring (bicyclic) bond motifs is 3. The molecular weight excluding hydrogens is 1390 g/mol. The second-order valence-electron chi connectivity index (χ2n) is 28.6. The number of benzene rings is 2. The Hall–Kier alpha value is -8.78. The molecule has 580 valence electrons. The zero-order valence-corrected chi connectivity index (χ0v) is 61.5. The summed E-state index contributed by atoms with van der Waals surface area (Å²) in [5.41, 5.74) is -5.25. The van der Waals surface area contributed by atoms with E-state index in [9.17, 15) is 55.1 Å². The number of nitrogens with one attached hydrogen (secondary N) is 3. The minimum Gasteiger partial charge on any atom is -0.380 e. The molecule has 7 rings (SSSR count). The molecule has 2 saturated carbocycles. The predicted octanol–water partition coefficient (Wildman–Crippen LogP) is 4.71. The zero-order chi connectivity index (χ0) is 78.1. The Labute approximate surface area is 606 Å². The Kier molecular flexibility index (Phi) is 27.9. The van der Waals surface area contributed by atoms with Gasteiger partial charge in [-0.3, -0.25) is 57.5 Å². The van der Waals surface area contributed by atoms with E-state index >= 15 is 37.5 Å². The maximum atomic E-state index is 15.4. The lowest BCUT2D eigenvalue weighted by molar-refractivity contribution is -0.157. The van der Waals surface area contributed by atoms with Gasteiger partial charge in [0.1, 0.15) is 71.1 Å². The fraction of sp³-hybridized carbons (Fsp3) is 0.639. The fourth-order valence-corrected chi connectivity index (χ4v) is 14.6. The van der Waals surface area contributed by atoms with Gasteiger partial charge in [-0.1, -0.05) is 64.3 Å². The van der Waals surface area contributed by atoms with Crippen molar-refractivity contribution >= 4 is 70.9 Å². The van der Waals surface area contributed by atoms with Crippen molar-refractivity contribution in [3.63, 3.8) is 0 Å². The third-order valence-corrected chi connectivity index (χ3v) is 21.3. The SMILES string of the molecule is CC[C@H](C)[C@@H]1NC(=O)[C@H](CC)N(C)C(=O)C[C@@H](C(=O)N(C)C)N(C)C(=O)[C@H](C2CCCC2)N(C)C(=O)C2(CCC2)NC(=O)[C@@H]2C[C@@H](OC)CN2C(=O)[C@@H](CCc2cc(F)c(C(F)(F)F)c(F)c2)NC(=O)CN(C)C(=O)[C@H](Cc2ccc(C(F)(F)F)cc2)N2CC/C=C\C[C@@H](C2=O)N(C)C(=O)CN(C)C1=O. The molecule has 12 amide bonds. The number of nitrogens with zero attached hydrogens (tertiary/aromatic N) is 9. The van der Waals surface area contributed by atoms with Crippen LogP contribution in [-0.2, 0) is 87.5 Å². The second kappa shape index (κ2) is 35.1. The summed E-state index contributed by atoms with van der Waals surface area (Å²) in [4.78, 5) is 189. The summed E-state index contributed by atoms with van der Waals surface area (Å²) in [6.07, 6.45) is -7.53. The molecule has 2 bridgehead atoms. The van der Waals surface area contributed by atoms with E-state index in [4.69, 9.17) is 4.74 Å². The molecule has 4 fully saturated rings. The van der Waals surface area contributed by atoms with E-state index in [2.05, 4.69) is 16.0 Å². The van der Waals surface area contributed by atoms with Crippen LogP contribution in [0, 0.1) is 23.5 Å². The normalized spacial score (nSPS) is 26.4. The van der Waals surface area contributed by atoms with Crippen molar-refractivity contribution in [3.8, 4) is 0 Å². The van der Waals surface area contributed by atoms with Crippen LogP contribution in [0.1, 0.15) is 133 Å². The van der Waals surface area contributed by atoms with Gasteiger partial charge in [-0.2, -0.15) is 26.3 Å². The third-order valence-electron chi connectivity index (χ3n) is 21.3. The van der Waals surface area contributed by atoms with Crippen molar-refractivity contribution in [3.05, 3.63) is 82.4 Å². The minimum atomic E-state index is -5.46. The highest BCUT2D eigenvalue weighted by Crippen LogP contribution is 2.40. The van der Waals surface area contributed by atoms with Crippen molar-refractivity contribution in [2.75, 3.05) is 89.7 Å². The van der Waals surface area contributed by atoms with Crippen molar-refractivity contribution < 1.29 is 97.4 Å². The number of likely N-dealkylation sites (N-methyl/N-ethyl adjacent to an activating group) is 7. The molecule has 33 heteroatoms. The van der Waals surface area contributed by atoms with Gasteiger partial charge in [-0.25, -0.2) is 8.78 Å². The first-order valence-electron chi connectivity index (χ1n) is 35.4. The number of aryl methyl sites for hydroxylation is 1. The maximum absolute atomic E-state index is 15.4. The van der Waals surface area contributed by atoms with Crippen LogP contribution >= 0.6 is 0 Å². The van der Waals surface area contributed by atoms with Crippen LogP contribution in [0.4, 0.5) is 35.1 Å². The summed E-state index contributed by atoms with van der Waals surface area (Å²) in [6.45, 7) is 2.80. The topological polar surface area (TPSA) is 279 Å². The highest BCUT2D eigenvalue weighted by atomic mass is 19.4. The molecule has 2 aromatic carbocycles. The molecule has 25 nitrogen and oxygen atoms in total. The lowest BCUT2D eigenvalue weighted by Gasteiger charge is -2.46. The Balaban J connectivity index is 1.33. The number of methoxy groups -OCH3 is 1. The quantitative estimate of drug-likeness (QED) is 0.203.